The summed E-state index contributed by atoms with van der Waals surface area (Å²) in [6.07, 6.45) is 1.75. The van der Waals surface area contributed by atoms with Crippen molar-refractivity contribution in [3.8, 4) is 11.1 Å². The molecule has 4 rings (SSSR count). The van der Waals surface area contributed by atoms with Crippen LogP contribution in [0.15, 0.2) is 54.7 Å². The van der Waals surface area contributed by atoms with E-state index in [1.54, 1.807) is 18.3 Å². The van der Waals surface area contributed by atoms with Crippen molar-refractivity contribution in [1.29, 1.82) is 0 Å². The molecule has 0 atom stereocenters. The standard InChI is InChI=1S/C18H13Cl2N5/c19-14-3-2-12(9-15(14)20)23-17-8-11(5-6-22-17)10-1-4-16-13(7-10)18(21)25-24-16/h1-9H,(H,22,23)(H3,21,24,25). The number of anilines is 3. The molecular formula is C18H13Cl2N5. The Balaban J connectivity index is 1.68. The first-order valence-corrected chi connectivity index (χ1v) is 8.28. The molecule has 0 amide bonds. The van der Waals surface area contributed by atoms with Crippen molar-refractivity contribution in [3.63, 3.8) is 0 Å². The molecule has 0 radical (unpaired) electrons. The Labute approximate surface area is 153 Å². The quantitative estimate of drug-likeness (QED) is 0.460. The Bertz CT molecular complexity index is 1070. The van der Waals surface area contributed by atoms with E-state index in [4.69, 9.17) is 28.9 Å². The largest absolute Gasteiger partial charge is 0.382 e. The SMILES string of the molecule is Nc1n[nH]c2ccc(-c3ccnc(Nc4ccc(Cl)c(Cl)c4)c3)cc12. The third kappa shape index (κ3) is 3.12. The number of fused-ring (bicyclic) bond motifs is 1. The van der Waals surface area contributed by atoms with E-state index in [1.807, 2.05) is 36.4 Å². The van der Waals surface area contributed by atoms with Crippen LogP contribution in [0.25, 0.3) is 22.0 Å². The van der Waals surface area contributed by atoms with Gasteiger partial charge in [-0.2, -0.15) is 5.10 Å². The summed E-state index contributed by atoms with van der Waals surface area (Å²) >= 11 is 12.0. The molecule has 0 saturated heterocycles. The summed E-state index contributed by atoms with van der Waals surface area (Å²) in [5, 5.41) is 12.0. The van der Waals surface area contributed by atoms with Gasteiger partial charge in [0.15, 0.2) is 5.82 Å². The predicted octanol–water partition coefficient (Wildman–Crippen LogP) is 5.26. The number of nitrogens with zero attached hydrogens (tertiary/aromatic N) is 2. The number of nitrogen functional groups attached to an aromatic ring is 1. The smallest absolute Gasteiger partial charge is 0.153 e. The molecule has 25 heavy (non-hydrogen) atoms. The normalized spacial score (nSPS) is 11.0. The summed E-state index contributed by atoms with van der Waals surface area (Å²) in [7, 11) is 0. The van der Waals surface area contributed by atoms with Crippen molar-refractivity contribution in [2.24, 2.45) is 0 Å². The van der Waals surface area contributed by atoms with Crippen LogP contribution in [-0.4, -0.2) is 15.2 Å². The first-order valence-electron chi connectivity index (χ1n) is 7.52. The number of aromatic amines is 1. The maximum absolute atomic E-state index is 6.05. The van der Waals surface area contributed by atoms with Gasteiger partial charge < -0.3 is 11.1 Å². The molecule has 2 aromatic carbocycles. The van der Waals surface area contributed by atoms with Crippen molar-refractivity contribution in [3.05, 3.63) is 64.8 Å². The molecule has 2 aromatic heterocycles. The zero-order valence-corrected chi connectivity index (χ0v) is 14.4. The molecule has 0 aliphatic carbocycles. The van der Waals surface area contributed by atoms with Crippen molar-refractivity contribution >= 4 is 51.4 Å². The molecule has 2 heterocycles. The zero-order valence-electron chi connectivity index (χ0n) is 12.9. The molecule has 0 bridgehead atoms. The van der Waals surface area contributed by atoms with Crippen LogP contribution in [0.2, 0.25) is 10.0 Å². The van der Waals surface area contributed by atoms with E-state index in [2.05, 4.69) is 20.5 Å². The summed E-state index contributed by atoms with van der Waals surface area (Å²) in [5.74, 6) is 1.19. The highest BCUT2D eigenvalue weighted by molar-refractivity contribution is 6.42. The van der Waals surface area contributed by atoms with Crippen molar-refractivity contribution in [1.82, 2.24) is 15.2 Å². The maximum Gasteiger partial charge on any atom is 0.153 e. The number of nitrogens with one attached hydrogen (secondary N) is 2. The van der Waals surface area contributed by atoms with Gasteiger partial charge >= 0.3 is 0 Å². The molecule has 7 heteroatoms. The highest BCUT2D eigenvalue weighted by atomic mass is 35.5. The van der Waals surface area contributed by atoms with Gasteiger partial charge in [-0.05, 0) is 53.6 Å². The topological polar surface area (TPSA) is 79.6 Å². The van der Waals surface area contributed by atoms with Crippen LogP contribution in [0.5, 0.6) is 0 Å². The number of H-pyrrole nitrogens is 1. The number of halogens is 2. The molecule has 4 N–H and O–H groups in total. The van der Waals surface area contributed by atoms with E-state index in [-0.39, 0.29) is 0 Å². The van der Waals surface area contributed by atoms with Gasteiger partial charge in [-0.25, -0.2) is 4.98 Å². The average molecular weight is 370 g/mol. The van der Waals surface area contributed by atoms with Gasteiger partial charge in [-0.3, -0.25) is 5.10 Å². The monoisotopic (exact) mass is 369 g/mol. The predicted molar refractivity (Wildman–Crippen MR) is 103 cm³/mol. The van der Waals surface area contributed by atoms with Crippen LogP contribution in [0.3, 0.4) is 0 Å². The lowest BCUT2D eigenvalue weighted by atomic mass is 10.0. The second kappa shape index (κ2) is 6.27. The number of nitrogens with two attached hydrogens (primary N) is 1. The number of aromatic nitrogens is 3. The Morgan fingerprint density at radius 1 is 0.920 bits per heavy atom. The van der Waals surface area contributed by atoms with Gasteiger partial charge in [0.25, 0.3) is 0 Å². The number of hydrogen-bond donors (Lipinski definition) is 3. The lowest BCUT2D eigenvalue weighted by molar-refractivity contribution is 1.13. The first kappa shape index (κ1) is 15.7. The molecule has 0 aliphatic rings. The van der Waals surface area contributed by atoms with E-state index in [0.29, 0.717) is 21.7 Å². The van der Waals surface area contributed by atoms with E-state index in [1.165, 1.54) is 0 Å². The maximum atomic E-state index is 6.05. The number of rotatable bonds is 3. The van der Waals surface area contributed by atoms with Crippen LogP contribution in [0.4, 0.5) is 17.3 Å². The lowest BCUT2D eigenvalue weighted by Crippen LogP contribution is -1.94. The third-order valence-corrected chi connectivity index (χ3v) is 4.62. The molecule has 0 spiro atoms. The average Bonchev–Trinajstić information content (AvgIpc) is 2.99. The molecule has 4 aromatic rings. The van der Waals surface area contributed by atoms with Crippen molar-refractivity contribution in [2.45, 2.75) is 0 Å². The second-order valence-corrected chi connectivity index (χ2v) is 6.37. The Morgan fingerprint density at radius 2 is 1.76 bits per heavy atom. The lowest BCUT2D eigenvalue weighted by Gasteiger charge is -2.09. The molecule has 0 aliphatic heterocycles. The van der Waals surface area contributed by atoms with Crippen LogP contribution in [0.1, 0.15) is 0 Å². The van der Waals surface area contributed by atoms with Gasteiger partial charge in [0.2, 0.25) is 0 Å². The van der Waals surface area contributed by atoms with Crippen LogP contribution >= 0.6 is 23.2 Å². The third-order valence-electron chi connectivity index (χ3n) is 3.88. The van der Waals surface area contributed by atoms with Crippen LogP contribution in [0, 0.1) is 0 Å². The number of benzene rings is 2. The summed E-state index contributed by atoms with van der Waals surface area (Å²) in [6, 6.07) is 15.2. The highest BCUT2D eigenvalue weighted by Crippen LogP contribution is 2.29. The van der Waals surface area contributed by atoms with Gasteiger partial charge in [0, 0.05) is 17.3 Å². The minimum Gasteiger partial charge on any atom is -0.382 e. The molecule has 0 unspecified atom stereocenters. The number of hydrogen-bond acceptors (Lipinski definition) is 4. The zero-order chi connectivity index (χ0) is 17.4. The first-order chi connectivity index (χ1) is 12.1. The van der Waals surface area contributed by atoms with Gasteiger partial charge in [-0.1, -0.05) is 29.3 Å². The fourth-order valence-electron chi connectivity index (χ4n) is 2.61. The van der Waals surface area contributed by atoms with E-state index in [0.717, 1.165) is 27.7 Å². The Kier molecular flexibility index (Phi) is 3.95. The summed E-state index contributed by atoms with van der Waals surface area (Å²) in [6.45, 7) is 0. The van der Waals surface area contributed by atoms with E-state index >= 15 is 0 Å². The van der Waals surface area contributed by atoms with Crippen LogP contribution in [-0.2, 0) is 0 Å². The van der Waals surface area contributed by atoms with Gasteiger partial charge in [0.05, 0.1) is 15.6 Å². The van der Waals surface area contributed by atoms with E-state index in [9.17, 15) is 0 Å². The fourth-order valence-corrected chi connectivity index (χ4v) is 2.91. The summed E-state index contributed by atoms with van der Waals surface area (Å²) < 4.78 is 0. The summed E-state index contributed by atoms with van der Waals surface area (Å²) in [4.78, 5) is 4.35. The van der Waals surface area contributed by atoms with E-state index < -0.39 is 0 Å². The minimum absolute atomic E-state index is 0.486. The molecule has 0 saturated carbocycles. The Morgan fingerprint density at radius 3 is 2.60 bits per heavy atom. The second-order valence-electron chi connectivity index (χ2n) is 5.55. The van der Waals surface area contributed by atoms with Crippen molar-refractivity contribution in [2.75, 3.05) is 11.1 Å². The molecule has 0 fully saturated rings. The number of pyridine rings is 1. The highest BCUT2D eigenvalue weighted by Gasteiger charge is 2.07. The fraction of sp³-hybridized carbons (Fsp3) is 0. The molecular weight excluding hydrogens is 357 g/mol. The van der Waals surface area contributed by atoms with Crippen molar-refractivity contribution < 1.29 is 0 Å². The summed E-state index contributed by atoms with van der Waals surface area (Å²) in [5.41, 5.74) is 9.65. The van der Waals surface area contributed by atoms with Crippen LogP contribution < -0.4 is 11.1 Å². The molecule has 5 nitrogen and oxygen atoms in total. The Hall–Kier alpha value is -2.76. The minimum atomic E-state index is 0.486. The van der Waals surface area contributed by atoms with Gasteiger partial charge in [0.1, 0.15) is 5.82 Å². The van der Waals surface area contributed by atoms with Gasteiger partial charge in [-0.15, -0.1) is 0 Å². The molecule has 124 valence electrons.